The fourth-order valence-corrected chi connectivity index (χ4v) is 3.01. The van der Waals surface area contributed by atoms with Gasteiger partial charge in [0.05, 0.1) is 12.1 Å². The number of nitrogens with one attached hydrogen (secondary N) is 1. The van der Waals surface area contributed by atoms with Crippen LogP contribution in [0.25, 0.3) is 0 Å². The van der Waals surface area contributed by atoms with Crippen molar-refractivity contribution in [3.63, 3.8) is 0 Å². The molecule has 150 valence electrons. The summed E-state index contributed by atoms with van der Waals surface area (Å²) >= 11 is 6.09. The van der Waals surface area contributed by atoms with Crippen molar-refractivity contribution in [3.05, 3.63) is 94.0 Å². The van der Waals surface area contributed by atoms with Crippen LogP contribution in [0.15, 0.2) is 66.7 Å². The van der Waals surface area contributed by atoms with Crippen molar-refractivity contribution >= 4 is 17.5 Å². The minimum atomic E-state index is -0.250. The zero-order valence-electron chi connectivity index (χ0n) is 16.6. The zero-order chi connectivity index (χ0) is 20.6. The predicted molar refractivity (Wildman–Crippen MR) is 116 cm³/mol. The largest absolute Gasteiger partial charge is 0.491 e. The number of aryl methyl sites for hydroxylation is 1. The summed E-state index contributed by atoms with van der Waals surface area (Å²) in [5.74, 6) is 1.07. The molecule has 4 nitrogen and oxygen atoms in total. The van der Waals surface area contributed by atoms with E-state index in [2.05, 4.69) is 5.32 Å². The van der Waals surface area contributed by atoms with E-state index in [0.717, 1.165) is 16.9 Å². The third-order valence-electron chi connectivity index (χ3n) is 4.62. The van der Waals surface area contributed by atoms with Crippen LogP contribution in [0.2, 0.25) is 5.02 Å². The first-order valence-corrected chi connectivity index (χ1v) is 9.86. The van der Waals surface area contributed by atoms with Gasteiger partial charge in [0.25, 0.3) is 5.91 Å². The number of carbonyl (C=O) groups excluding carboxylic acids is 1. The first-order valence-electron chi connectivity index (χ1n) is 9.48. The van der Waals surface area contributed by atoms with Gasteiger partial charge in [0.1, 0.15) is 24.7 Å². The van der Waals surface area contributed by atoms with E-state index >= 15 is 0 Å². The monoisotopic (exact) mass is 409 g/mol. The molecular formula is C24H24ClNO3. The molecule has 0 saturated carbocycles. The molecule has 0 aliphatic carbocycles. The standard InChI is InChI=1S/C24H24ClNO3/c1-17-7-6-10-22(18(17)2)28-14-13-26-24(27)21-15-20(25)11-12-23(21)29-16-19-8-4-3-5-9-19/h3-12,15H,13-14,16H2,1-2H3,(H,26,27). The van der Waals surface area contributed by atoms with Gasteiger partial charge in [0.15, 0.2) is 0 Å². The van der Waals surface area contributed by atoms with Crippen LogP contribution in [0.3, 0.4) is 0 Å². The van der Waals surface area contributed by atoms with Crippen molar-refractivity contribution in [2.75, 3.05) is 13.2 Å². The minimum absolute atomic E-state index is 0.250. The number of rotatable bonds is 8. The molecule has 1 N–H and O–H groups in total. The molecule has 0 fully saturated rings. The van der Waals surface area contributed by atoms with Gasteiger partial charge in [0, 0.05) is 5.02 Å². The Morgan fingerprint density at radius 2 is 1.72 bits per heavy atom. The number of hydrogen-bond acceptors (Lipinski definition) is 3. The maximum absolute atomic E-state index is 12.7. The molecule has 29 heavy (non-hydrogen) atoms. The molecule has 0 spiro atoms. The average molecular weight is 410 g/mol. The van der Waals surface area contributed by atoms with Crippen molar-refractivity contribution in [2.45, 2.75) is 20.5 Å². The SMILES string of the molecule is Cc1cccc(OCCNC(=O)c2cc(Cl)ccc2OCc2ccccc2)c1C. The Morgan fingerprint density at radius 3 is 2.52 bits per heavy atom. The quantitative estimate of drug-likeness (QED) is 0.510. The number of carbonyl (C=O) groups is 1. The Balaban J connectivity index is 1.58. The highest BCUT2D eigenvalue weighted by molar-refractivity contribution is 6.31. The highest BCUT2D eigenvalue weighted by Gasteiger charge is 2.13. The number of amides is 1. The highest BCUT2D eigenvalue weighted by atomic mass is 35.5. The Morgan fingerprint density at radius 1 is 0.931 bits per heavy atom. The fraction of sp³-hybridized carbons (Fsp3) is 0.208. The summed E-state index contributed by atoms with van der Waals surface area (Å²) in [5.41, 5.74) is 3.70. The van der Waals surface area contributed by atoms with Crippen molar-refractivity contribution in [3.8, 4) is 11.5 Å². The van der Waals surface area contributed by atoms with Crippen LogP contribution in [0.5, 0.6) is 11.5 Å². The van der Waals surface area contributed by atoms with E-state index in [4.69, 9.17) is 21.1 Å². The lowest BCUT2D eigenvalue weighted by atomic mass is 10.1. The number of halogens is 1. The van der Waals surface area contributed by atoms with E-state index in [1.54, 1.807) is 18.2 Å². The van der Waals surface area contributed by atoms with E-state index in [1.807, 2.05) is 62.4 Å². The van der Waals surface area contributed by atoms with Crippen LogP contribution >= 0.6 is 11.6 Å². The maximum Gasteiger partial charge on any atom is 0.255 e. The molecule has 3 aromatic rings. The molecule has 3 rings (SSSR count). The molecule has 0 heterocycles. The Bertz CT molecular complexity index is 973. The second-order valence-corrected chi connectivity index (χ2v) is 7.15. The summed E-state index contributed by atoms with van der Waals surface area (Å²) in [5, 5.41) is 3.35. The van der Waals surface area contributed by atoms with Crippen LogP contribution in [0.1, 0.15) is 27.0 Å². The van der Waals surface area contributed by atoms with Crippen molar-refractivity contribution in [1.29, 1.82) is 0 Å². The van der Waals surface area contributed by atoms with Crippen LogP contribution in [0.4, 0.5) is 0 Å². The van der Waals surface area contributed by atoms with Gasteiger partial charge in [-0.3, -0.25) is 4.79 Å². The summed E-state index contributed by atoms with van der Waals surface area (Å²) in [6, 6.07) is 20.8. The van der Waals surface area contributed by atoms with Crippen molar-refractivity contribution < 1.29 is 14.3 Å². The van der Waals surface area contributed by atoms with Crippen molar-refractivity contribution in [1.82, 2.24) is 5.32 Å². The van der Waals surface area contributed by atoms with Gasteiger partial charge < -0.3 is 14.8 Å². The van der Waals surface area contributed by atoms with Gasteiger partial charge in [-0.1, -0.05) is 54.1 Å². The second-order valence-electron chi connectivity index (χ2n) is 6.72. The predicted octanol–water partition coefficient (Wildman–Crippen LogP) is 5.34. The summed E-state index contributed by atoms with van der Waals surface area (Å²) in [7, 11) is 0. The van der Waals surface area contributed by atoms with E-state index in [-0.39, 0.29) is 5.91 Å². The molecule has 0 aliphatic rings. The molecule has 0 aliphatic heterocycles. The van der Waals surface area contributed by atoms with Gasteiger partial charge in [-0.15, -0.1) is 0 Å². The topological polar surface area (TPSA) is 47.6 Å². The average Bonchev–Trinajstić information content (AvgIpc) is 2.73. The lowest BCUT2D eigenvalue weighted by molar-refractivity contribution is 0.0942. The molecule has 5 heteroatoms. The van der Waals surface area contributed by atoms with Crippen molar-refractivity contribution in [2.24, 2.45) is 0 Å². The molecule has 0 bridgehead atoms. The first-order chi connectivity index (χ1) is 14.0. The Labute approximate surface area is 176 Å². The normalized spacial score (nSPS) is 10.4. The van der Waals surface area contributed by atoms with E-state index in [9.17, 15) is 4.79 Å². The lowest BCUT2D eigenvalue weighted by Crippen LogP contribution is -2.28. The second kappa shape index (κ2) is 9.99. The summed E-state index contributed by atoms with van der Waals surface area (Å²) in [6.07, 6.45) is 0. The summed E-state index contributed by atoms with van der Waals surface area (Å²) in [4.78, 5) is 12.7. The smallest absolute Gasteiger partial charge is 0.255 e. The van der Waals surface area contributed by atoms with E-state index in [1.165, 1.54) is 5.56 Å². The third kappa shape index (κ3) is 5.75. The van der Waals surface area contributed by atoms with Crippen LogP contribution in [0, 0.1) is 13.8 Å². The van der Waals surface area contributed by atoms with Crippen LogP contribution in [-0.4, -0.2) is 19.1 Å². The zero-order valence-corrected chi connectivity index (χ0v) is 17.3. The number of benzene rings is 3. The number of ether oxygens (including phenoxy) is 2. The Kier molecular flexibility index (Phi) is 7.14. The highest BCUT2D eigenvalue weighted by Crippen LogP contribution is 2.24. The minimum Gasteiger partial charge on any atom is -0.491 e. The van der Waals surface area contributed by atoms with Gasteiger partial charge in [-0.25, -0.2) is 0 Å². The first kappa shape index (κ1) is 20.7. The van der Waals surface area contributed by atoms with E-state index < -0.39 is 0 Å². The fourth-order valence-electron chi connectivity index (χ4n) is 2.84. The molecule has 3 aromatic carbocycles. The van der Waals surface area contributed by atoms with Gasteiger partial charge >= 0.3 is 0 Å². The van der Waals surface area contributed by atoms with Gasteiger partial charge in [-0.05, 0) is 54.8 Å². The molecule has 0 aromatic heterocycles. The molecule has 0 saturated heterocycles. The van der Waals surface area contributed by atoms with E-state index in [0.29, 0.717) is 36.1 Å². The Hall–Kier alpha value is -2.98. The molecule has 0 radical (unpaired) electrons. The molecule has 0 unspecified atom stereocenters. The number of hydrogen-bond donors (Lipinski definition) is 1. The summed E-state index contributed by atoms with van der Waals surface area (Å²) in [6.45, 7) is 5.18. The van der Waals surface area contributed by atoms with Gasteiger partial charge in [0.2, 0.25) is 0 Å². The molecular weight excluding hydrogens is 386 g/mol. The molecule has 0 atom stereocenters. The summed E-state index contributed by atoms with van der Waals surface area (Å²) < 4.78 is 11.6. The third-order valence-corrected chi connectivity index (χ3v) is 4.86. The lowest BCUT2D eigenvalue weighted by Gasteiger charge is -2.14. The van der Waals surface area contributed by atoms with Crippen LogP contribution < -0.4 is 14.8 Å². The van der Waals surface area contributed by atoms with Gasteiger partial charge in [-0.2, -0.15) is 0 Å². The maximum atomic E-state index is 12.7. The molecule has 1 amide bonds. The van der Waals surface area contributed by atoms with Crippen LogP contribution in [-0.2, 0) is 6.61 Å².